The summed E-state index contributed by atoms with van der Waals surface area (Å²) in [6.07, 6.45) is -4.95. The molecule has 3 N–H and O–H groups in total. The zero-order valence-corrected chi connectivity index (χ0v) is 10.7. The van der Waals surface area contributed by atoms with E-state index in [1.54, 1.807) is 0 Å². The minimum absolute atomic E-state index is 0. The maximum atomic E-state index is 10.7. The molecule has 0 fully saturated rings. The fraction of sp³-hybridized carbons (Fsp3) is 0.429. The molecule has 0 aromatic carbocycles. The van der Waals surface area contributed by atoms with Crippen LogP contribution in [-0.4, -0.2) is 45.0 Å². The fourth-order valence-corrected chi connectivity index (χ4v) is 0.978. The fourth-order valence-electron chi connectivity index (χ4n) is 0.978. The summed E-state index contributed by atoms with van der Waals surface area (Å²) in [6, 6.07) is 0. The van der Waals surface area contributed by atoms with Gasteiger partial charge in [0.15, 0.2) is 5.60 Å². The van der Waals surface area contributed by atoms with Gasteiger partial charge in [0.25, 0.3) is 6.16 Å². The third kappa shape index (κ3) is 6.09. The summed E-state index contributed by atoms with van der Waals surface area (Å²) in [5.74, 6) is -5.45. The Morgan fingerprint density at radius 1 is 1.00 bits per heavy atom. The number of hydrogen-bond acceptors (Lipinski definition) is 6. The Bertz CT molecular complexity index is 295. The SMILES string of the molecule is O=C(O)CC(CC(=O)O)(OC(=O)[O-])C(=O)O.[Na+]. The smallest absolute Gasteiger partial charge is 0.530 e. The minimum atomic E-state index is -2.88. The van der Waals surface area contributed by atoms with E-state index in [-0.39, 0.29) is 29.6 Å². The number of aliphatic carboxylic acids is 3. The summed E-state index contributed by atoms with van der Waals surface area (Å²) in [5, 5.41) is 35.5. The Kier molecular flexibility index (Phi) is 7.53. The van der Waals surface area contributed by atoms with Gasteiger partial charge in [-0.1, -0.05) is 0 Å². The van der Waals surface area contributed by atoms with Gasteiger partial charge in [0.05, 0.1) is 12.8 Å². The average Bonchev–Trinajstić information content (AvgIpc) is 1.98. The third-order valence-electron chi connectivity index (χ3n) is 1.54. The van der Waals surface area contributed by atoms with Crippen LogP contribution in [0.5, 0.6) is 0 Å². The van der Waals surface area contributed by atoms with Crippen molar-refractivity contribution in [2.75, 3.05) is 0 Å². The first kappa shape index (κ1) is 18.1. The molecular weight excluding hydrogens is 251 g/mol. The van der Waals surface area contributed by atoms with Crippen LogP contribution < -0.4 is 34.7 Å². The number of carbonyl (C=O) groups excluding carboxylic acids is 1. The van der Waals surface area contributed by atoms with E-state index < -0.39 is 42.5 Å². The quantitative estimate of drug-likeness (QED) is 0.313. The molecule has 17 heavy (non-hydrogen) atoms. The Hall–Kier alpha value is -1.32. The summed E-state index contributed by atoms with van der Waals surface area (Å²) in [5.41, 5.74) is -2.88. The summed E-state index contributed by atoms with van der Waals surface area (Å²) in [4.78, 5) is 41.5. The first-order valence-corrected chi connectivity index (χ1v) is 3.76. The van der Waals surface area contributed by atoms with Gasteiger partial charge in [-0.05, 0) is 0 Å². The van der Waals surface area contributed by atoms with Crippen molar-refractivity contribution in [3.8, 4) is 0 Å². The molecule has 0 spiro atoms. The van der Waals surface area contributed by atoms with Crippen LogP contribution in [0, 0.1) is 0 Å². The molecule has 0 heterocycles. The Balaban J connectivity index is 0. The maximum Gasteiger partial charge on any atom is 1.00 e. The van der Waals surface area contributed by atoms with E-state index >= 15 is 0 Å². The zero-order valence-electron chi connectivity index (χ0n) is 8.71. The standard InChI is InChI=1S/C7H8O9.Na/c8-3(9)1-7(5(12)13,2-4(10)11)16-6(14)15;/h1-2H2,(H,8,9)(H,10,11)(H,12,13)(H,14,15);/q;+1/p-1. The molecule has 0 saturated heterocycles. The second-order valence-electron chi connectivity index (χ2n) is 2.79. The number of carboxylic acids is 3. The Morgan fingerprint density at radius 2 is 1.35 bits per heavy atom. The van der Waals surface area contributed by atoms with Crippen molar-refractivity contribution >= 4 is 24.1 Å². The molecule has 0 bridgehead atoms. The van der Waals surface area contributed by atoms with Gasteiger partial charge in [-0.3, -0.25) is 9.59 Å². The van der Waals surface area contributed by atoms with Crippen LogP contribution in [0.15, 0.2) is 0 Å². The molecule has 9 nitrogen and oxygen atoms in total. The van der Waals surface area contributed by atoms with Crippen molar-refractivity contribution in [2.45, 2.75) is 18.4 Å². The molecule has 0 aromatic heterocycles. The van der Waals surface area contributed by atoms with Gasteiger partial charge in [0, 0.05) is 0 Å². The molecule has 0 aromatic rings. The monoisotopic (exact) mass is 258 g/mol. The normalized spacial score (nSPS) is 9.88. The molecule has 0 atom stereocenters. The second-order valence-corrected chi connectivity index (χ2v) is 2.79. The number of rotatable bonds is 6. The van der Waals surface area contributed by atoms with Gasteiger partial charge in [0.2, 0.25) is 0 Å². The molecule has 0 amide bonds. The second kappa shape index (κ2) is 7.09. The number of carboxylic acid groups (broad SMARTS) is 4. The molecule has 90 valence electrons. The number of hydrogen-bond donors (Lipinski definition) is 3. The summed E-state index contributed by atoms with van der Waals surface area (Å²) in [6.45, 7) is 0. The van der Waals surface area contributed by atoms with Gasteiger partial charge in [-0.15, -0.1) is 0 Å². The van der Waals surface area contributed by atoms with Crippen LogP contribution in [0.4, 0.5) is 4.79 Å². The molecule has 0 rings (SSSR count). The molecule has 0 aliphatic rings. The molecule has 0 aliphatic heterocycles. The van der Waals surface area contributed by atoms with Crippen LogP contribution in [0.25, 0.3) is 0 Å². The molecule has 10 heteroatoms. The van der Waals surface area contributed by atoms with Crippen LogP contribution in [-0.2, 0) is 19.1 Å². The number of carbonyl (C=O) groups is 4. The largest absolute Gasteiger partial charge is 1.00 e. The van der Waals surface area contributed by atoms with Crippen LogP contribution in [0.2, 0.25) is 0 Å². The summed E-state index contributed by atoms with van der Waals surface area (Å²) in [7, 11) is 0. The van der Waals surface area contributed by atoms with Crippen molar-refractivity contribution < 1.29 is 73.9 Å². The van der Waals surface area contributed by atoms with E-state index in [2.05, 4.69) is 4.74 Å². The van der Waals surface area contributed by atoms with E-state index in [9.17, 15) is 24.3 Å². The number of ether oxygens (including phenoxy) is 1. The Morgan fingerprint density at radius 3 is 1.53 bits per heavy atom. The summed E-state index contributed by atoms with van der Waals surface area (Å²) >= 11 is 0. The topological polar surface area (TPSA) is 161 Å². The molecule has 0 unspecified atom stereocenters. The van der Waals surface area contributed by atoms with Crippen LogP contribution in [0.3, 0.4) is 0 Å². The maximum absolute atomic E-state index is 10.7. The van der Waals surface area contributed by atoms with Crippen molar-refractivity contribution in [1.82, 2.24) is 0 Å². The van der Waals surface area contributed by atoms with Gasteiger partial charge in [-0.2, -0.15) is 0 Å². The van der Waals surface area contributed by atoms with Crippen LogP contribution >= 0.6 is 0 Å². The van der Waals surface area contributed by atoms with E-state index in [0.717, 1.165) is 0 Å². The third-order valence-corrected chi connectivity index (χ3v) is 1.54. The molecule has 0 saturated carbocycles. The van der Waals surface area contributed by atoms with E-state index in [1.165, 1.54) is 0 Å². The van der Waals surface area contributed by atoms with Crippen molar-refractivity contribution in [2.24, 2.45) is 0 Å². The predicted octanol–water partition coefficient (Wildman–Crippen LogP) is -4.88. The van der Waals surface area contributed by atoms with Gasteiger partial charge >= 0.3 is 47.5 Å². The van der Waals surface area contributed by atoms with E-state index in [4.69, 9.17) is 15.3 Å². The molecular formula is C7H7NaO9. The first-order valence-electron chi connectivity index (χ1n) is 3.76. The van der Waals surface area contributed by atoms with E-state index in [0.29, 0.717) is 0 Å². The summed E-state index contributed by atoms with van der Waals surface area (Å²) < 4.78 is 3.77. The van der Waals surface area contributed by atoms with Gasteiger partial charge in [-0.25, -0.2) is 4.79 Å². The molecule has 0 radical (unpaired) electrons. The Labute approximate surface area is 116 Å². The van der Waals surface area contributed by atoms with Gasteiger partial charge < -0.3 is 30.0 Å². The van der Waals surface area contributed by atoms with Crippen molar-refractivity contribution in [1.29, 1.82) is 0 Å². The van der Waals surface area contributed by atoms with Crippen LogP contribution in [0.1, 0.15) is 12.8 Å². The minimum Gasteiger partial charge on any atom is -0.530 e. The first-order chi connectivity index (χ1) is 7.19. The van der Waals surface area contributed by atoms with Crippen molar-refractivity contribution in [3.63, 3.8) is 0 Å². The van der Waals surface area contributed by atoms with Crippen molar-refractivity contribution in [3.05, 3.63) is 0 Å². The van der Waals surface area contributed by atoms with E-state index in [1.807, 2.05) is 0 Å². The predicted molar refractivity (Wildman–Crippen MR) is 41.4 cm³/mol. The average molecular weight is 258 g/mol. The molecule has 0 aliphatic carbocycles. The van der Waals surface area contributed by atoms with Gasteiger partial charge in [0.1, 0.15) is 0 Å². The zero-order chi connectivity index (χ0) is 12.9.